The van der Waals surface area contributed by atoms with E-state index in [9.17, 15) is 13.2 Å². The van der Waals surface area contributed by atoms with Gasteiger partial charge in [0, 0.05) is 16.7 Å². The molecule has 3 aromatic carbocycles. The van der Waals surface area contributed by atoms with Crippen molar-refractivity contribution in [1.29, 1.82) is 0 Å². The number of halogens is 1. The van der Waals surface area contributed by atoms with E-state index in [4.69, 9.17) is 17.0 Å². The summed E-state index contributed by atoms with van der Waals surface area (Å²) < 4.78 is 34.4. The molecule has 10 heteroatoms. The van der Waals surface area contributed by atoms with E-state index in [1.54, 1.807) is 24.3 Å². The first-order chi connectivity index (χ1) is 17.8. The van der Waals surface area contributed by atoms with Crippen LogP contribution in [0.15, 0.2) is 82.2 Å². The van der Waals surface area contributed by atoms with Crippen LogP contribution in [0, 0.1) is 0 Å². The van der Waals surface area contributed by atoms with Gasteiger partial charge in [0.1, 0.15) is 5.75 Å². The second kappa shape index (κ2) is 14.2. The highest BCUT2D eigenvalue weighted by molar-refractivity contribution is 9.10. The highest BCUT2D eigenvalue weighted by atomic mass is 79.9. The maximum absolute atomic E-state index is 12.9. The lowest BCUT2D eigenvalue weighted by Gasteiger charge is -2.14. The second-order valence-electron chi connectivity index (χ2n) is 8.29. The Bertz CT molecular complexity index is 1300. The molecule has 0 atom stereocenters. The number of hydrogen-bond donors (Lipinski definition) is 3. The summed E-state index contributed by atoms with van der Waals surface area (Å²) in [6.45, 7) is 2.87. The van der Waals surface area contributed by atoms with Crippen molar-refractivity contribution in [3.63, 3.8) is 0 Å². The lowest BCUT2D eigenvalue weighted by molar-refractivity contribution is 0.0973. The van der Waals surface area contributed by atoms with E-state index in [-0.39, 0.29) is 16.6 Å². The molecule has 0 heterocycles. The first-order valence-corrected chi connectivity index (χ1v) is 14.7. The van der Waals surface area contributed by atoms with Crippen molar-refractivity contribution in [3.05, 3.63) is 88.4 Å². The molecule has 3 N–H and O–H groups in total. The van der Waals surface area contributed by atoms with Crippen molar-refractivity contribution in [2.45, 2.75) is 44.0 Å². The third-order valence-electron chi connectivity index (χ3n) is 5.40. The Hall–Kier alpha value is -2.79. The minimum atomic E-state index is -3.68. The minimum Gasteiger partial charge on any atom is -0.493 e. The van der Waals surface area contributed by atoms with E-state index in [2.05, 4.69) is 38.2 Å². The number of carbonyl (C=O) groups excluding carboxylic acids is 1. The number of thiocarbonyl (C=S) groups is 1. The van der Waals surface area contributed by atoms with Gasteiger partial charge in [0.05, 0.1) is 17.1 Å². The number of nitrogens with one attached hydrogen (secondary N) is 3. The summed E-state index contributed by atoms with van der Waals surface area (Å²) in [5, 5.41) is 5.65. The second-order valence-corrected chi connectivity index (χ2v) is 11.4. The molecular formula is C27H30BrN3O4S2. The third-order valence-corrected chi connectivity index (χ3v) is 7.51. The van der Waals surface area contributed by atoms with Crippen molar-refractivity contribution < 1.29 is 17.9 Å². The van der Waals surface area contributed by atoms with Gasteiger partial charge in [-0.1, -0.05) is 72.4 Å². The third kappa shape index (κ3) is 9.23. The summed E-state index contributed by atoms with van der Waals surface area (Å²) in [5.74, 6) is 0.0734. The summed E-state index contributed by atoms with van der Waals surface area (Å²) in [5.41, 5.74) is 1.76. The number of benzene rings is 3. The van der Waals surface area contributed by atoms with Gasteiger partial charge in [-0.2, -0.15) is 0 Å². The highest BCUT2D eigenvalue weighted by Gasteiger charge is 2.16. The maximum atomic E-state index is 12.9. The van der Waals surface area contributed by atoms with Gasteiger partial charge < -0.3 is 10.1 Å². The van der Waals surface area contributed by atoms with Gasteiger partial charge in [0.25, 0.3) is 5.91 Å². The van der Waals surface area contributed by atoms with Crippen molar-refractivity contribution in [1.82, 2.24) is 10.0 Å². The first-order valence-electron chi connectivity index (χ1n) is 12.0. The van der Waals surface area contributed by atoms with Crippen molar-refractivity contribution in [3.8, 4) is 5.75 Å². The van der Waals surface area contributed by atoms with Crippen molar-refractivity contribution >= 4 is 54.9 Å². The molecule has 0 fully saturated rings. The summed E-state index contributed by atoms with van der Waals surface area (Å²) in [6.07, 6.45) is 4.28. The Morgan fingerprint density at radius 2 is 1.70 bits per heavy atom. The molecule has 37 heavy (non-hydrogen) atoms. The number of anilines is 1. The number of carbonyl (C=O) groups is 1. The molecule has 3 rings (SSSR count). The fourth-order valence-electron chi connectivity index (χ4n) is 3.42. The summed E-state index contributed by atoms with van der Waals surface area (Å²) >= 11 is 8.70. The molecule has 0 unspecified atom stereocenters. The van der Waals surface area contributed by atoms with E-state index in [0.29, 0.717) is 23.6 Å². The number of sulfonamides is 1. The van der Waals surface area contributed by atoms with Crippen LogP contribution in [0.3, 0.4) is 0 Å². The average Bonchev–Trinajstić information content (AvgIpc) is 2.89. The molecule has 0 spiro atoms. The van der Waals surface area contributed by atoms with Crippen LogP contribution in [-0.4, -0.2) is 26.0 Å². The molecule has 0 bridgehead atoms. The highest BCUT2D eigenvalue weighted by Crippen LogP contribution is 2.24. The zero-order valence-corrected chi connectivity index (χ0v) is 23.7. The zero-order valence-electron chi connectivity index (χ0n) is 20.5. The van der Waals surface area contributed by atoms with Gasteiger partial charge in [-0.25, -0.2) is 13.1 Å². The number of rotatable bonds is 12. The van der Waals surface area contributed by atoms with Crippen LogP contribution in [0.4, 0.5) is 5.69 Å². The van der Waals surface area contributed by atoms with E-state index < -0.39 is 15.9 Å². The number of hydrogen-bond acceptors (Lipinski definition) is 5. The normalized spacial score (nSPS) is 11.1. The molecule has 7 nitrogen and oxygen atoms in total. The van der Waals surface area contributed by atoms with E-state index in [1.807, 2.05) is 36.4 Å². The fraction of sp³-hybridized carbons (Fsp3) is 0.259. The molecule has 0 aliphatic carbocycles. The fourth-order valence-corrected chi connectivity index (χ4v) is 5.01. The number of amides is 1. The van der Waals surface area contributed by atoms with Crippen LogP contribution < -0.4 is 20.1 Å². The summed E-state index contributed by atoms with van der Waals surface area (Å²) in [4.78, 5) is 13.0. The Labute approximate surface area is 232 Å². The van der Waals surface area contributed by atoms with Crippen LogP contribution in [0.5, 0.6) is 5.75 Å². The van der Waals surface area contributed by atoms with Gasteiger partial charge in [-0.15, -0.1) is 0 Å². The zero-order chi connectivity index (χ0) is 26.7. The number of ether oxygens (including phenoxy) is 1. The molecule has 0 aliphatic heterocycles. The quantitative estimate of drug-likeness (QED) is 0.173. The van der Waals surface area contributed by atoms with Crippen LogP contribution in [0.1, 0.15) is 48.5 Å². The first kappa shape index (κ1) is 28.8. The Morgan fingerprint density at radius 3 is 2.41 bits per heavy atom. The predicted octanol–water partition coefficient (Wildman–Crippen LogP) is 6.01. The van der Waals surface area contributed by atoms with Gasteiger partial charge in [0.2, 0.25) is 10.0 Å². The minimum absolute atomic E-state index is 0.0803. The number of unbranched alkanes of at least 4 members (excludes halogenated alkanes) is 3. The lowest BCUT2D eigenvalue weighted by atomic mass is 10.2. The molecular weight excluding hydrogens is 574 g/mol. The molecule has 0 saturated carbocycles. The van der Waals surface area contributed by atoms with Gasteiger partial charge >= 0.3 is 0 Å². The van der Waals surface area contributed by atoms with Crippen LogP contribution in [-0.2, 0) is 16.6 Å². The Kier molecular flexibility index (Phi) is 11.1. The SMILES string of the molecule is CCCCCCOc1ccc(Br)cc1C(=O)NC(=S)Nc1ccc(S(=O)(=O)NCc2ccccc2)cc1. The van der Waals surface area contributed by atoms with Crippen LogP contribution >= 0.6 is 28.1 Å². The molecule has 0 radical (unpaired) electrons. The van der Waals surface area contributed by atoms with E-state index >= 15 is 0 Å². The Balaban J connectivity index is 1.57. The average molecular weight is 605 g/mol. The molecule has 1 amide bonds. The predicted molar refractivity (Wildman–Crippen MR) is 154 cm³/mol. The smallest absolute Gasteiger partial charge is 0.261 e. The van der Waals surface area contributed by atoms with Crippen molar-refractivity contribution in [2.24, 2.45) is 0 Å². The molecule has 0 saturated heterocycles. The monoisotopic (exact) mass is 603 g/mol. The van der Waals surface area contributed by atoms with Gasteiger partial charge in [0.15, 0.2) is 5.11 Å². The van der Waals surface area contributed by atoms with E-state index in [0.717, 1.165) is 35.7 Å². The summed E-state index contributed by atoms with van der Waals surface area (Å²) in [6, 6.07) is 20.6. The maximum Gasteiger partial charge on any atom is 0.261 e. The van der Waals surface area contributed by atoms with Crippen LogP contribution in [0.25, 0.3) is 0 Å². The van der Waals surface area contributed by atoms with Gasteiger partial charge in [-0.3, -0.25) is 10.1 Å². The van der Waals surface area contributed by atoms with Crippen molar-refractivity contribution in [2.75, 3.05) is 11.9 Å². The van der Waals surface area contributed by atoms with E-state index in [1.165, 1.54) is 12.1 Å². The largest absolute Gasteiger partial charge is 0.493 e. The Morgan fingerprint density at radius 1 is 0.973 bits per heavy atom. The molecule has 0 aromatic heterocycles. The standard InChI is InChI=1S/C27H30BrN3O4S2/c1-2-3-4-8-17-35-25-16-11-21(28)18-24(25)26(32)31-27(36)30-22-12-14-23(15-13-22)37(33,34)29-19-20-9-6-5-7-10-20/h5-7,9-16,18,29H,2-4,8,17,19H2,1H3,(H2,30,31,32,36). The topological polar surface area (TPSA) is 96.5 Å². The summed E-state index contributed by atoms with van der Waals surface area (Å²) in [7, 11) is -3.68. The molecule has 0 aliphatic rings. The lowest BCUT2D eigenvalue weighted by Crippen LogP contribution is -2.34. The molecule has 3 aromatic rings. The van der Waals surface area contributed by atoms with Gasteiger partial charge in [-0.05, 0) is 66.7 Å². The molecule has 196 valence electrons. The van der Waals surface area contributed by atoms with Crippen LogP contribution in [0.2, 0.25) is 0 Å².